The Balaban J connectivity index is 1.75. The van der Waals surface area contributed by atoms with Crippen molar-refractivity contribution in [1.82, 2.24) is 10.3 Å². The number of halogens is 1. The summed E-state index contributed by atoms with van der Waals surface area (Å²) in [7, 11) is 0. The Hall–Kier alpha value is -2.76. The van der Waals surface area contributed by atoms with Gasteiger partial charge in [-0.1, -0.05) is 0 Å². The van der Waals surface area contributed by atoms with Crippen LogP contribution in [0.4, 0.5) is 4.39 Å². The van der Waals surface area contributed by atoms with Gasteiger partial charge in [-0.05, 0) is 49.9 Å². The second-order valence-electron chi connectivity index (χ2n) is 6.63. The molecule has 1 aliphatic heterocycles. The van der Waals surface area contributed by atoms with E-state index in [0.29, 0.717) is 35.2 Å². The highest BCUT2D eigenvalue weighted by atomic mass is 19.1. The Labute approximate surface area is 144 Å². The molecule has 0 spiro atoms. The Morgan fingerprint density at radius 3 is 2.84 bits per heavy atom. The zero-order valence-electron chi connectivity index (χ0n) is 13.8. The summed E-state index contributed by atoms with van der Waals surface area (Å²) in [5, 5.41) is 12.7. The van der Waals surface area contributed by atoms with Crippen molar-refractivity contribution in [3.8, 4) is 5.75 Å². The number of H-pyrrole nitrogens is 1. The van der Waals surface area contributed by atoms with E-state index in [4.69, 9.17) is 4.74 Å². The van der Waals surface area contributed by atoms with Crippen LogP contribution in [0.25, 0.3) is 5.57 Å². The lowest BCUT2D eigenvalue weighted by Gasteiger charge is -2.28. The predicted molar refractivity (Wildman–Crippen MR) is 90.6 cm³/mol. The average Bonchev–Trinajstić information content (AvgIpc) is 3.28. The summed E-state index contributed by atoms with van der Waals surface area (Å²) < 4.78 is 19.8. The van der Waals surface area contributed by atoms with E-state index in [1.807, 2.05) is 6.07 Å². The van der Waals surface area contributed by atoms with E-state index in [2.05, 4.69) is 10.3 Å². The summed E-state index contributed by atoms with van der Waals surface area (Å²) in [5.41, 5.74) is 2.72. The van der Waals surface area contributed by atoms with Crippen LogP contribution in [0.1, 0.15) is 42.6 Å². The number of carboxylic acids is 1. The minimum atomic E-state index is -1.00. The number of carbonyl (C=O) groups is 1. The first-order valence-electron chi connectivity index (χ1n) is 8.35. The van der Waals surface area contributed by atoms with Gasteiger partial charge in [-0.25, -0.2) is 9.18 Å². The number of benzene rings is 1. The summed E-state index contributed by atoms with van der Waals surface area (Å²) in [4.78, 5) is 14.6. The number of nitrogens with one attached hydrogen (secondary N) is 2. The monoisotopic (exact) mass is 342 g/mol. The van der Waals surface area contributed by atoms with Crippen molar-refractivity contribution in [2.75, 3.05) is 6.61 Å². The van der Waals surface area contributed by atoms with E-state index >= 15 is 0 Å². The number of carboxylic acid groups (broad SMARTS) is 1. The van der Waals surface area contributed by atoms with Crippen LogP contribution in [-0.2, 0) is 4.79 Å². The van der Waals surface area contributed by atoms with Gasteiger partial charge >= 0.3 is 5.97 Å². The van der Waals surface area contributed by atoms with Crippen molar-refractivity contribution in [2.45, 2.75) is 25.8 Å². The van der Waals surface area contributed by atoms with E-state index in [9.17, 15) is 14.3 Å². The van der Waals surface area contributed by atoms with Crippen LogP contribution in [0.3, 0.4) is 0 Å². The lowest BCUT2D eigenvalue weighted by molar-refractivity contribution is -0.130. The fourth-order valence-corrected chi connectivity index (χ4v) is 3.27. The molecule has 6 heteroatoms. The molecule has 1 unspecified atom stereocenters. The summed E-state index contributed by atoms with van der Waals surface area (Å²) >= 11 is 0. The molecule has 0 amide bonds. The highest BCUT2D eigenvalue weighted by Gasteiger charge is 2.32. The molecule has 1 fully saturated rings. The van der Waals surface area contributed by atoms with Gasteiger partial charge in [-0.3, -0.25) is 0 Å². The minimum absolute atomic E-state index is 0.202. The van der Waals surface area contributed by atoms with Gasteiger partial charge in [0.15, 0.2) is 0 Å². The van der Waals surface area contributed by atoms with Crippen LogP contribution in [-0.4, -0.2) is 22.7 Å². The van der Waals surface area contributed by atoms with Crippen molar-refractivity contribution in [2.24, 2.45) is 5.92 Å². The van der Waals surface area contributed by atoms with E-state index in [-0.39, 0.29) is 17.4 Å². The van der Waals surface area contributed by atoms with E-state index in [1.165, 1.54) is 25.0 Å². The molecular formula is C19H19FN2O3. The molecule has 3 N–H and O–H groups in total. The molecule has 1 aromatic heterocycles. The largest absolute Gasteiger partial charge is 0.493 e. The molecule has 1 atom stereocenters. The van der Waals surface area contributed by atoms with Crippen LogP contribution in [0.5, 0.6) is 5.75 Å². The number of ether oxygens (including phenoxy) is 1. The van der Waals surface area contributed by atoms with Gasteiger partial charge in [-0.2, -0.15) is 0 Å². The number of aromatic amines is 1. The first-order chi connectivity index (χ1) is 12.0. The van der Waals surface area contributed by atoms with Crippen molar-refractivity contribution in [3.63, 3.8) is 0 Å². The molecule has 5 nitrogen and oxygen atoms in total. The number of hydrogen-bond acceptors (Lipinski definition) is 3. The highest BCUT2D eigenvalue weighted by Crippen LogP contribution is 2.39. The van der Waals surface area contributed by atoms with Gasteiger partial charge in [-0.15, -0.1) is 0 Å². The second kappa shape index (κ2) is 5.95. The lowest BCUT2D eigenvalue weighted by Crippen LogP contribution is -2.28. The number of rotatable bonds is 5. The van der Waals surface area contributed by atoms with Gasteiger partial charge < -0.3 is 20.1 Å². The number of allylic oxidation sites excluding steroid dienone is 1. The van der Waals surface area contributed by atoms with Gasteiger partial charge in [0.2, 0.25) is 0 Å². The number of aromatic nitrogens is 1. The molecule has 130 valence electrons. The standard InChI is InChI=1S/C19H19FN2O3/c1-10-16(19(23)24)18-13(6-7-21-18)17(22-10)14-8-12(20)4-5-15(14)25-9-11-2-3-11/h4-8,11,17,21-22H,2-3,9H2,1H3,(H,23,24). The minimum Gasteiger partial charge on any atom is -0.493 e. The Morgan fingerprint density at radius 1 is 1.32 bits per heavy atom. The quantitative estimate of drug-likeness (QED) is 0.778. The van der Waals surface area contributed by atoms with Gasteiger partial charge in [0.1, 0.15) is 17.1 Å². The van der Waals surface area contributed by atoms with Crippen molar-refractivity contribution >= 4 is 11.5 Å². The number of aliphatic carboxylic acids is 1. The van der Waals surface area contributed by atoms with Crippen molar-refractivity contribution in [1.29, 1.82) is 0 Å². The first kappa shape index (κ1) is 15.7. The van der Waals surface area contributed by atoms with Crippen molar-refractivity contribution in [3.05, 3.63) is 58.8 Å². The summed E-state index contributed by atoms with van der Waals surface area (Å²) in [6, 6.07) is 5.94. The molecule has 2 heterocycles. The maximum absolute atomic E-state index is 13.9. The molecular weight excluding hydrogens is 323 g/mol. The van der Waals surface area contributed by atoms with Gasteiger partial charge in [0.05, 0.1) is 18.3 Å². The summed E-state index contributed by atoms with van der Waals surface area (Å²) in [5.74, 6) is -0.139. The smallest absolute Gasteiger partial charge is 0.339 e. The summed E-state index contributed by atoms with van der Waals surface area (Å²) in [6.07, 6.45) is 4.04. The second-order valence-corrected chi connectivity index (χ2v) is 6.63. The average molecular weight is 342 g/mol. The third kappa shape index (κ3) is 2.88. The van der Waals surface area contributed by atoms with Crippen LogP contribution in [0.2, 0.25) is 0 Å². The molecule has 1 aliphatic carbocycles. The third-order valence-corrected chi connectivity index (χ3v) is 4.74. The lowest BCUT2D eigenvalue weighted by atomic mass is 9.91. The zero-order valence-corrected chi connectivity index (χ0v) is 13.8. The highest BCUT2D eigenvalue weighted by molar-refractivity contribution is 6.16. The molecule has 25 heavy (non-hydrogen) atoms. The Morgan fingerprint density at radius 2 is 2.12 bits per heavy atom. The Bertz CT molecular complexity index is 867. The van der Waals surface area contributed by atoms with Crippen LogP contribution in [0.15, 0.2) is 36.2 Å². The third-order valence-electron chi connectivity index (χ3n) is 4.74. The molecule has 0 radical (unpaired) electrons. The topological polar surface area (TPSA) is 74.3 Å². The number of fused-ring (bicyclic) bond motifs is 1. The molecule has 0 saturated heterocycles. The molecule has 0 bridgehead atoms. The summed E-state index contributed by atoms with van der Waals surface area (Å²) in [6.45, 7) is 2.34. The van der Waals surface area contributed by atoms with Crippen LogP contribution < -0.4 is 10.1 Å². The zero-order chi connectivity index (χ0) is 17.6. The van der Waals surface area contributed by atoms with Gasteiger partial charge in [0.25, 0.3) is 0 Å². The Kier molecular flexibility index (Phi) is 3.75. The van der Waals surface area contributed by atoms with E-state index in [1.54, 1.807) is 19.2 Å². The number of hydrogen-bond donors (Lipinski definition) is 3. The van der Waals surface area contributed by atoms with Crippen molar-refractivity contribution < 1.29 is 19.0 Å². The molecule has 2 aliphatic rings. The fourth-order valence-electron chi connectivity index (χ4n) is 3.27. The van der Waals surface area contributed by atoms with Crippen LogP contribution in [0, 0.1) is 11.7 Å². The molecule has 1 saturated carbocycles. The predicted octanol–water partition coefficient (Wildman–Crippen LogP) is 3.45. The van der Waals surface area contributed by atoms with E-state index in [0.717, 1.165) is 5.56 Å². The molecule has 2 aromatic rings. The normalized spacial score (nSPS) is 19.4. The van der Waals surface area contributed by atoms with Gasteiger partial charge in [0, 0.05) is 23.0 Å². The van der Waals surface area contributed by atoms with E-state index < -0.39 is 5.97 Å². The SMILES string of the molecule is CC1=C(C(=O)O)c2[nH]ccc2C(c2cc(F)ccc2OCC2CC2)N1. The molecule has 4 rings (SSSR count). The fraction of sp³-hybridized carbons (Fsp3) is 0.316. The molecule has 1 aromatic carbocycles. The van der Waals surface area contributed by atoms with Crippen LogP contribution >= 0.6 is 0 Å². The first-order valence-corrected chi connectivity index (χ1v) is 8.35. The maximum atomic E-state index is 13.9. The maximum Gasteiger partial charge on any atom is 0.339 e.